The number of aromatic nitrogens is 1. The van der Waals surface area contributed by atoms with Crippen LogP contribution in [0.3, 0.4) is 0 Å². The lowest BCUT2D eigenvalue weighted by atomic mass is 10.1. The van der Waals surface area contributed by atoms with E-state index in [1.54, 1.807) is 16.2 Å². The normalized spacial score (nSPS) is 12.9. The second-order valence-electron chi connectivity index (χ2n) is 4.19. The summed E-state index contributed by atoms with van der Waals surface area (Å²) in [6, 6.07) is 0. The van der Waals surface area contributed by atoms with Crippen LogP contribution >= 0.6 is 27.3 Å². The summed E-state index contributed by atoms with van der Waals surface area (Å²) < 4.78 is 0. The second kappa shape index (κ2) is 5.77. The summed E-state index contributed by atoms with van der Waals surface area (Å²) in [5.74, 6) is 0.430. The van der Waals surface area contributed by atoms with Gasteiger partial charge in [0.05, 0.1) is 16.4 Å². The standard InChI is InChI=1S/C11H17BrN2OS/c1-7(2)10(12)11(15)14(4)6-9-5-13-8(3)16-9/h5,7,10H,6H2,1-4H3. The van der Waals surface area contributed by atoms with Crippen LogP contribution < -0.4 is 0 Å². The number of thiazole rings is 1. The monoisotopic (exact) mass is 304 g/mol. The van der Waals surface area contributed by atoms with Crippen molar-refractivity contribution in [3.63, 3.8) is 0 Å². The number of hydrogen-bond donors (Lipinski definition) is 0. The highest BCUT2D eigenvalue weighted by atomic mass is 79.9. The molecular weight excluding hydrogens is 288 g/mol. The van der Waals surface area contributed by atoms with Crippen molar-refractivity contribution in [1.29, 1.82) is 0 Å². The smallest absolute Gasteiger partial charge is 0.236 e. The minimum Gasteiger partial charge on any atom is -0.340 e. The van der Waals surface area contributed by atoms with Crippen LogP contribution in [-0.2, 0) is 11.3 Å². The van der Waals surface area contributed by atoms with Gasteiger partial charge in [-0.15, -0.1) is 11.3 Å². The highest BCUT2D eigenvalue weighted by Crippen LogP contribution is 2.18. The highest BCUT2D eigenvalue weighted by Gasteiger charge is 2.22. The van der Waals surface area contributed by atoms with Gasteiger partial charge in [-0.2, -0.15) is 0 Å². The van der Waals surface area contributed by atoms with Gasteiger partial charge in [0.15, 0.2) is 0 Å². The van der Waals surface area contributed by atoms with E-state index in [4.69, 9.17) is 0 Å². The topological polar surface area (TPSA) is 33.2 Å². The van der Waals surface area contributed by atoms with Gasteiger partial charge in [-0.05, 0) is 12.8 Å². The summed E-state index contributed by atoms with van der Waals surface area (Å²) in [4.78, 5) is 18.9. The van der Waals surface area contributed by atoms with E-state index in [-0.39, 0.29) is 10.7 Å². The molecule has 0 saturated heterocycles. The maximum Gasteiger partial charge on any atom is 0.236 e. The third-order valence-corrected chi connectivity index (χ3v) is 4.61. The Labute approximate surface area is 109 Å². The van der Waals surface area contributed by atoms with Crippen molar-refractivity contribution in [3.05, 3.63) is 16.1 Å². The van der Waals surface area contributed by atoms with Gasteiger partial charge >= 0.3 is 0 Å². The van der Waals surface area contributed by atoms with E-state index < -0.39 is 0 Å². The molecule has 0 aliphatic heterocycles. The summed E-state index contributed by atoms with van der Waals surface area (Å²) in [6.07, 6.45) is 1.84. The molecule has 1 heterocycles. The van der Waals surface area contributed by atoms with Crippen molar-refractivity contribution < 1.29 is 4.79 Å². The second-order valence-corrected chi connectivity index (χ2v) is 6.49. The third kappa shape index (κ3) is 3.56. The number of hydrogen-bond acceptors (Lipinski definition) is 3. The van der Waals surface area contributed by atoms with Gasteiger partial charge in [0.2, 0.25) is 5.91 Å². The summed E-state index contributed by atoms with van der Waals surface area (Å²) in [6.45, 7) is 6.67. The van der Waals surface area contributed by atoms with Crippen LogP contribution in [0.25, 0.3) is 0 Å². The number of carbonyl (C=O) groups excluding carboxylic acids is 1. The molecule has 0 bridgehead atoms. The van der Waals surface area contributed by atoms with Crippen LogP contribution in [0, 0.1) is 12.8 Å². The van der Waals surface area contributed by atoms with Gasteiger partial charge in [0, 0.05) is 18.1 Å². The fraction of sp³-hybridized carbons (Fsp3) is 0.636. The minimum absolute atomic E-state index is 0.105. The number of nitrogens with zero attached hydrogens (tertiary/aromatic N) is 2. The molecule has 0 fully saturated rings. The number of rotatable bonds is 4. The molecule has 1 unspecified atom stereocenters. The third-order valence-electron chi connectivity index (χ3n) is 2.26. The van der Waals surface area contributed by atoms with Gasteiger partial charge in [0.1, 0.15) is 0 Å². The summed E-state index contributed by atoms with van der Waals surface area (Å²) in [5.41, 5.74) is 0. The first kappa shape index (κ1) is 13.6. The molecule has 1 aromatic heterocycles. The van der Waals surface area contributed by atoms with Gasteiger partial charge in [0.25, 0.3) is 0 Å². The van der Waals surface area contributed by atoms with Crippen molar-refractivity contribution in [2.24, 2.45) is 5.92 Å². The lowest BCUT2D eigenvalue weighted by Crippen LogP contribution is -2.35. The molecule has 0 saturated carbocycles. The molecular formula is C11H17BrN2OS. The zero-order valence-corrected chi connectivity index (χ0v) is 12.4. The predicted molar refractivity (Wildman–Crippen MR) is 70.9 cm³/mol. The zero-order chi connectivity index (χ0) is 12.3. The molecule has 5 heteroatoms. The molecule has 90 valence electrons. The molecule has 0 aliphatic carbocycles. The Morgan fingerprint density at radius 2 is 2.25 bits per heavy atom. The summed E-state index contributed by atoms with van der Waals surface area (Å²) in [7, 11) is 1.83. The van der Waals surface area contributed by atoms with Crippen molar-refractivity contribution in [2.45, 2.75) is 32.1 Å². The molecule has 0 radical (unpaired) electrons. The lowest BCUT2D eigenvalue weighted by molar-refractivity contribution is -0.130. The Morgan fingerprint density at radius 1 is 1.62 bits per heavy atom. The number of carbonyl (C=O) groups is 1. The molecule has 1 amide bonds. The van der Waals surface area contributed by atoms with Crippen LogP contribution in [0.5, 0.6) is 0 Å². The van der Waals surface area contributed by atoms with Crippen LogP contribution in [0.1, 0.15) is 23.7 Å². The fourth-order valence-electron chi connectivity index (χ4n) is 1.29. The first-order chi connectivity index (χ1) is 7.41. The van der Waals surface area contributed by atoms with Crippen molar-refractivity contribution >= 4 is 33.2 Å². The van der Waals surface area contributed by atoms with E-state index in [9.17, 15) is 4.79 Å². The van der Waals surface area contributed by atoms with E-state index in [2.05, 4.69) is 20.9 Å². The van der Waals surface area contributed by atoms with E-state index in [1.165, 1.54) is 0 Å². The first-order valence-electron chi connectivity index (χ1n) is 5.22. The van der Waals surface area contributed by atoms with Gasteiger partial charge in [-0.3, -0.25) is 4.79 Å². The van der Waals surface area contributed by atoms with Crippen molar-refractivity contribution in [1.82, 2.24) is 9.88 Å². The van der Waals surface area contributed by atoms with Gasteiger partial charge < -0.3 is 4.90 Å². The molecule has 3 nitrogen and oxygen atoms in total. The Hall–Kier alpha value is -0.420. The number of halogens is 1. The van der Waals surface area contributed by atoms with Crippen LogP contribution in [0.4, 0.5) is 0 Å². The molecule has 0 N–H and O–H groups in total. The first-order valence-corrected chi connectivity index (χ1v) is 6.95. The number of amides is 1. The van der Waals surface area contributed by atoms with Crippen LogP contribution in [-0.4, -0.2) is 27.7 Å². The maximum absolute atomic E-state index is 12.0. The Morgan fingerprint density at radius 3 is 2.69 bits per heavy atom. The molecule has 16 heavy (non-hydrogen) atoms. The summed E-state index contributed by atoms with van der Waals surface area (Å²) >= 11 is 5.06. The molecule has 1 aromatic rings. The predicted octanol–water partition coefficient (Wildman–Crippen LogP) is 2.83. The SMILES string of the molecule is Cc1ncc(CN(C)C(=O)C(Br)C(C)C)s1. The van der Waals surface area contributed by atoms with Crippen molar-refractivity contribution in [3.8, 4) is 0 Å². The largest absolute Gasteiger partial charge is 0.340 e. The lowest BCUT2D eigenvalue weighted by Gasteiger charge is -2.21. The Balaban J connectivity index is 2.58. The molecule has 0 aliphatic rings. The minimum atomic E-state index is -0.105. The average molecular weight is 305 g/mol. The molecule has 0 aromatic carbocycles. The number of alkyl halides is 1. The van der Waals surface area contributed by atoms with Crippen molar-refractivity contribution in [2.75, 3.05) is 7.05 Å². The average Bonchev–Trinajstić information content (AvgIpc) is 2.61. The molecule has 1 atom stereocenters. The van der Waals surface area contributed by atoms with Crippen LogP contribution in [0.15, 0.2) is 6.20 Å². The Kier molecular flexibility index (Phi) is 4.92. The molecule has 1 rings (SSSR count). The highest BCUT2D eigenvalue weighted by molar-refractivity contribution is 9.10. The van der Waals surface area contributed by atoms with E-state index in [0.29, 0.717) is 12.5 Å². The van der Waals surface area contributed by atoms with Crippen LogP contribution in [0.2, 0.25) is 0 Å². The van der Waals surface area contributed by atoms with E-state index in [1.807, 2.05) is 34.0 Å². The van der Waals surface area contributed by atoms with E-state index >= 15 is 0 Å². The molecule has 0 spiro atoms. The number of aryl methyl sites for hydroxylation is 1. The fourth-order valence-corrected chi connectivity index (χ4v) is 2.48. The summed E-state index contributed by atoms with van der Waals surface area (Å²) in [5, 5.41) is 1.04. The maximum atomic E-state index is 12.0. The van der Waals surface area contributed by atoms with Gasteiger partial charge in [-0.1, -0.05) is 29.8 Å². The quantitative estimate of drug-likeness (QED) is 0.802. The van der Waals surface area contributed by atoms with Gasteiger partial charge in [-0.25, -0.2) is 4.98 Å². The zero-order valence-electron chi connectivity index (χ0n) is 10.0. The van der Waals surface area contributed by atoms with E-state index in [0.717, 1.165) is 9.88 Å². The Bertz CT molecular complexity index is 365.